The van der Waals surface area contributed by atoms with Crippen LogP contribution in [0.25, 0.3) is 0 Å². The highest BCUT2D eigenvalue weighted by atomic mass is 32.1. The molecule has 4 heteroatoms. The van der Waals surface area contributed by atoms with Gasteiger partial charge in [0, 0.05) is 10.4 Å². The van der Waals surface area contributed by atoms with Crippen LogP contribution in [-0.4, -0.2) is 18.2 Å². The van der Waals surface area contributed by atoms with Crippen LogP contribution < -0.4 is 0 Å². The SMILES string of the molecule is COC(=O)C(O)c1csc(C)c1. The minimum Gasteiger partial charge on any atom is -0.467 e. The van der Waals surface area contributed by atoms with Crippen LogP contribution in [0.2, 0.25) is 0 Å². The van der Waals surface area contributed by atoms with Crippen molar-refractivity contribution in [3.8, 4) is 0 Å². The molecule has 0 bridgehead atoms. The van der Waals surface area contributed by atoms with Crippen LogP contribution in [0.4, 0.5) is 0 Å². The summed E-state index contributed by atoms with van der Waals surface area (Å²) in [6.45, 7) is 1.91. The standard InChI is InChI=1S/C8H10O3S/c1-5-3-6(4-12-5)7(9)8(10)11-2/h3-4,7,9H,1-2H3. The lowest BCUT2D eigenvalue weighted by Gasteiger charge is -2.04. The number of ether oxygens (including phenoxy) is 1. The van der Waals surface area contributed by atoms with E-state index in [1.165, 1.54) is 18.4 Å². The first kappa shape index (κ1) is 9.22. The van der Waals surface area contributed by atoms with Gasteiger partial charge in [0.2, 0.25) is 0 Å². The van der Waals surface area contributed by atoms with Crippen molar-refractivity contribution in [2.45, 2.75) is 13.0 Å². The van der Waals surface area contributed by atoms with Gasteiger partial charge in [0.1, 0.15) is 0 Å². The van der Waals surface area contributed by atoms with Gasteiger partial charge >= 0.3 is 5.97 Å². The molecule has 1 N–H and O–H groups in total. The van der Waals surface area contributed by atoms with Crippen molar-refractivity contribution in [2.75, 3.05) is 7.11 Å². The maximum Gasteiger partial charge on any atom is 0.339 e. The summed E-state index contributed by atoms with van der Waals surface area (Å²) in [5.41, 5.74) is 0.601. The van der Waals surface area contributed by atoms with Crippen molar-refractivity contribution in [2.24, 2.45) is 0 Å². The lowest BCUT2D eigenvalue weighted by Crippen LogP contribution is -2.12. The van der Waals surface area contributed by atoms with Gasteiger partial charge in [-0.15, -0.1) is 11.3 Å². The monoisotopic (exact) mass is 186 g/mol. The summed E-state index contributed by atoms with van der Waals surface area (Å²) in [5.74, 6) is -0.618. The smallest absolute Gasteiger partial charge is 0.339 e. The van der Waals surface area contributed by atoms with E-state index < -0.39 is 12.1 Å². The third kappa shape index (κ3) is 1.84. The Morgan fingerprint density at radius 2 is 2.42 bits per heavy atom. The van der Waals surface area contributed by atoms with Crippen molar-refractivity contribution in [1.82, 2.24) is 0 Å². The Morgan fingerprint density at radius 1 is 1.75 bits per heavy atom. The zero-order chi connectivity index (χ0) is 9.14. The molecule has 1 unspecified atom stereocenters. The van der Waals surface area contributed by atoms with Crippen molar-refractivity contribution in [3.63, 3.8) is 0 Å². The van der Waals surface area contributed by atoms with Crippen molar-refractivity contribution >= 4 is 17.3 Å². The molecule has 1 aromatic rings. The average Bonchev–Trinajstić information content (AvgIpc) is 2.49. The largest absolute Gasteiger partial charge is 0.467 e. The molecule has 0 aromatic carbocycles. The predicted molar refractivity (Wildman–Crippen MR) is 46.0 cm³/mol. The summed E-state index contributed by atoms with van der Waals surface area (Å²) in [4.78, 5) is 11.9. The van der Waals surface area contributed by atoms with E-state index in [1.807, 2.05) is 6.92 Å². The van der Waals surface area contributed by atoms with E-state index in [4.69, 9.17) is 0 Å². The molecule has 0 saturated heterocycles. The molecule has 1 atom stereocenters. The zero-order valence-electron chi connectivity index (χ0n) is 6.90. The minimum absolute atomic E-state index is 0.601. The molecule has 0 aliphatic heterocycles. The van der Waals surface area contributed by atoms with Gasteiger partial charge in [-0.05, 0) is 18.4 Å². The molecule has 12 heavy (non-hydrogen) atoms. The first-order valence-corrected chi connectivity index (χ1v) is 4.34. The summed E-state index contributed by atoms with van der Waals surface area (Å²) < 4.78 is 4.39. The Morgan fingerprint density at radius 3 is 2.83 bits per heavy atom. The van der Waals surface area contributed by atoms with Gasteiger partial charge in [0.15, 0.2) is 6.10 Å². The van der Waals surface area contributed by atoms with E-state index in [-0.39, 0.29) is 0 Å². The molecule has 0 radical (unpaired) electrons. The number of rotatable bonds is 2. The number of carbonyl (C=O) groups excluding carboxylic acids is 1. The van der Waals surface area contributed by atoms with E-state index in [0.717, 1.165) is 4.88 Å². The highest BCUT2D eigenvalue weighted by Gasteiger charge is 2.18. The van der Waals surface area contributed by atoms with Gasteiger partial charge in [0.25, 0.3) is 0 Å². The molecule has 0 amide bonds. The zero-order valence-corrected chi connectivity index (χ0v) is 7.72. The van der Waals surface area contributed by atoms with Crippen LogP contribution in [0.3, 0.4) is 0 Å². The topological polar surface area (TPSA) is 46.5 Å². The number of carbonyl (C=O) groups is 1. The van der Waals surface area contributed by atoms with E-state index >= 15 is 0 Å². The second-order valence-corrected chi connectivity index (χ2v) is 3.53. The summed E-state index contributed by atoms with van der Waals surface area (Å²) in [6, 6.07) is 1.77. The Balaban J connectivity index is 2.77. The average molecular weight is 186 g/mol. The number of hydrogen-bond donors (Lipinski definition) is 1. The van der Waals surface area contributed by atoms with E-state index in [0.29, 0.717) is 5.56 Å². The van der Waals surface area contributed by atoms with E-state index in [1.54, 1.807) is 11.4 Å². The Kier molecular flexibility index (Phi) is 2.83. The summed E-state index contributed by atoms with van der Waals surface area (Å²) >= 11 is 1.49. The predicted octanol–water partition coefficient (Wildman–Crippen LogP) is 1.26. The fourth-order valence-corrected chi connectivity index (χ4v) is 1.58. The van der Waals surface area contributed by atoms with Crippen molar-refractivity contribution < 1.29 is 14.6 Å². The van der Waals surface area contributed by atoms with Crippen LogP contribution >= 0.6 is 11.3 Å². The maximum atomic E-state index is 10.9. The minimum atomic E-state index is -1.14. The molecular formula is C8H10O3S. The Labute approximate surface area is 74.6 Å². The quantitative estimate of drug-likeness (QED) is 0.707. The number of thiophene rings is 1. The van der Waals surface area contributed by atoms with Crippen LogP contribution in [0.15, 0.2) is 11.4 Å². The van der Waals surface area contributed by atoms with Crippen LogP contribution in [0, 0.1) is 6.92 Å². The third-order valence-electron chi connectivity index (χ3n) is 1.49. The Hall–Kier alpha value is -0.870. The van der Waals surface area contributed by atoms with Crippen LogP contribution in [0.5, 0.6) is 0 Å². The molecular weight excluding hydrogens is 176 g/mol. The van der Waals surface area contributed by atoms with Crippen LogP contribution in [-0.2, 0) is 9.53 Å². The van der Waals surface area contributed by atoms with Crippen molar-refractivity contribution in [3.05, 3.63) is 21.9 Å². The van der Waals surface area contributed by atoms with Gasteiger partial charge in [-0.3, -0.25) is 0 Å². The molecule has 1 aromatic heterocycles. The summed E-state index contributed by atoms with van der Waals surface area (Å²) in [7, 11) is 1.25. The molecule has 0 aliphatic rings. The summed E-state index contributed by atoms with van der Waals surface area (Å²) in [5, 5.41) is 11.1. The number of methoxy groups -OCH3 is 1. The molecule has 0 saturated carbocycles. The lowest BCUT2D eigenvalue weighted by atomic mass is 10.2. The van der Waals surface area contributed by atoms with Gasteiger partial charge in [-0.25, -0.2) is 4.79 Å². The first-order valence-electron chi connectivity index (χ1n) is 3.46. The normalized spacial score (nSPS) is 12.6. The van der Waals surface area contributed by atoms with Crippen LogP contribution in [0.1, 0.15) is 16.5 Å². The van der Waals surface area contributed by atoms with Crippen molar-refractivity contribution in [1.29, 1.82) is 0 Å². The second-order valence-electron chi connectivity index (χ2n) is 2.42. The first-order chi connectivity index (χ1) is 5.65. The fraction of sp³-hybridized carbons (Fsp3) is 0.375. The molecule has 0 aliphatic carbocycles. The molecule has 1 heterocycles. The molecule has 3 nitrogen and oxygen atoms in total. The number of aliphatic hydroxyl groups is 1. The van der Waals surface area contributed by atoms with Gasteiger partial charge in [-0.1, -0.05) is 0 Å². The molecule has 0 fully saturated rings. The van der Waals surface area contributed by atoms with E-state index in [9.17, 15) is 9.90 Å². The summed E-state index contributed by atoms with van der Waals surface area (Å²) in [6.07, 6.45) is -1.14. The Bertz CT molecular complexity index is 280. The van der Waals surface area contributed by atoms with Gasteiger partial charge in [-0.2, -0.15) is 0 Å². The van der Waals surface area contributed by atoms with Gasteiger partial charge < -0.3 is 9.84 Å². The van der Waals surface area contributed by atoms with Gasteiger partial charge in [0.05, 0.1) is 7.11 Å². The van der Waals surface area contributed by atoms with E-state index in [2.05, 4.69) is 4.74 Å². The molecule has 66 valence electrons. The number of aliphatic hydroxyl groups excluding tert-OH is 1. The highest BCUT2D eigenvalue weighted by molar-refractivity contribution is 7.10. The molecule has 0 spiro atoms. The third-order valence-corrected chi connectivity index (χ3v) is 2.37. The molecule has 1 rings (SSSR count). The number of hydrogen-bond acceptors (Lipinski definition) is 4. The second kappa shape index (κ2) is 3.69. The highest BCUT2D eigenvalue weighted by Crippen LogP contribution is 2.20. The maximum absolute atomic E-state index is 10.9. The lowest BCUT2D eigenvalue weighted by molar-refractivity contribution is -0.150. The number of aryl methyl sites for hydroxylation is 1. The fourth-order valence-electron chi connectivity index (χ4n) is 0.855. The number of esters is 1.